The largest absolute Gasteiger partial charge is 0.294 e. The molecule has 0 saturated carbocycles. The molecule has 0 aromatic heterocycles. The first-order valence-electron chi connectivity index (χ1n) is 4.79. The van der Waals surface area contributed by atoms with Gasteiger partial charge in [-0.05, 0) is 19.2 Å². The molecular formula is C10H11ClFNO3S. The Balaban J connectivity index is 3.50. The Kier molecular flexibility index (Phi) is 4.24. The van der Waals surface area contributed by atoms with Crippen LogP contribution >= 0.6 is 11.6 Å². The van der Waals surface area contributed by atoms with E-state index in [1.807, 2.05) is 0 Å². The van der Waals surface area contributed by atoms with E-state index in [0.29, 0.717) is 0 Å². The highest BCUT2D eigenvalue weighted by Gasteiger charge is 2.21. The van der Waals surface area contributed by atoms with Gasteiger partial charge in [-0.2, -0.15) is 0 Å². The van der Waals surface area contributed by atoms with Crippen molar-refractivity contribution in [2.45, 2.75) is 18.2 Å². The first-order chi connectivity index (χ1) is 7.83. The Bertz CT molecular complexity index is 557. The minimum atomic E-state index is -3.81. The lowest BCUT2D eigenvalue weighted by atomic mass is 10.1. The van der Waals surface area contributed by atoms with Crippen molar-refractivity contribution in [3.05, 3.63) is 28.5 Å². The summed E-state index contributed by atoms with van der Waals surface area (Å²) in [5.41, 5.74) is -0.272. The lowest BCUT2D eigenvalue weighted by molar-refractivity contribution is 0.0984. The number of hydrogen-bond acceptors (Lipinski definition) is 3. The molecule has 0 aliphatic carbocycles. The molecule has 1 aromatic carbocycles. The number of halogens is 2. The summed E-state index contributed by atoms with van der Waals surface area (Å²) >= 11 is 5.64. The van der Waals surface area contributed by atoms with Crippen molar-refractivity contribution >= 4 is 27.4 Å². The highest BCUT2D eigenvalue weighted by molar-refractivity contribution is 7.89. The summed E-state index contributed by atoms with van der Waals surface area (Å²) in [6, 6.07) is 1.78. The molecule has 1 aromatic rings. The minimum Gasteiger partial charge on any atom is -0.294 e. The summed E-state index contributed by atoms with van der Waals surface area (Å²) < 4.78 is 38.6. The molecule has 0 fully saturated rings. The van der Waals surface area contributed by atoms with Gasteiger partial charge in [0, 0.05) is 6.42 Å². The van der Waals surface area contributed by atoms with Crippen LogP contribution in [0.25, 0.3) is 0 Å². The molecule has 1 rings (SSSR count). The van der Waals surface area contributed by atoms with E-state index in [1.165, 1.54) is 7.05 Å². The molecule has 0 atom stereocenters. The Morgan fingerprint density at radius 1 is 1.47 bits per heavy atom. The highest BCUT2D eigenvalue weighted by Crippen LogP contribution is 2.25. The van der Waals surface area contributed by atoms with Crippen LogP contribution in [0.15, 0.2) is 17.0 Å². The lowest BCUT2D eigenvalue weighted by Crippen LogP contribution is -2.20. The van der Waals surface area contributed by atoms with Gasteiger partial charge in [-0.1, -0.05) is 18.5 Å². The predicted octanol–water partition coefficient (Wildman–Crippen LogP) is 1.98. The fourth-order valence-corrected chi connectivity index (χ4v) is 2.51. The van der Waals surface area contributed by atoms with Crippen LogP contribution in [0.3, 0.4) is 0 Å². The summed E-state index contributed by atoms with van der Waals surface area (Å²) in [6.07, 6.45) is 0.0809. The van der Waals surface area contributed by atoms with E-state index < -0.39 is 21.6 Å². The first kappa shape index (κ1) is 14.1. The smallest absolute Gasteiger partial charge is 0.241 e. The number of hydrogen-bond donors (Lipinski definition) is 1. The van der Waals surface area contributed by atoms with Gasteiger partial charge in [0.2, 0.25) is 10.0 Å². The van der Waals surface area contributed by atoms with Gasteiger partial charge in [-0.3, -0.25) is 4.79 Å². The van der Waals surface area contributed by atoms with Crippen molar-refractivity contribution in [3.63, 3.8) is 0 Å². The second-order valence-electron chi connectivity index (χ2n) is 3.25. The molecule has 1 N–H and O–H groups in total. The van der Waals surface area contributed by atoms with Crippen LogP contribution in [0.1, 0.15) is 23.7 Å². The van der Waals surface area contributed by atoms with Crippen LogP contribution in [-0.4, -0.2) is 21.2 Å². The normalized spacial score (nSPS) is 11.5. The maximum atomic E-state index is 13.4. The fourth-order valence-electron chi connectivity index (χ4n) is 1.25. The quantitative estimate of drug-likeness (QED) is 0.857. The van der Waals surface area contributed by atoms with Gasteiger partial charge in [0.05, 0.1) is 10.6 Å². The maximum Gasteiger partial charge on any atom is 0.241 e. The van der Waals surface area contributed by atoms with Crippen LogP contribution in [0.4, 0.5) is 4.39 Å². The van der Waals surface area contributed by atoms with E-state index in [4.69, 9.17) is 11.6 Å². The van der Waals surface area contributed by atoms with Gasteiger partial charge in [-0.25, -0.2) is 17.5 Å². The number of sulfonamides is 1. The van der Waals surface area contributed by atoms with Gasteiger partial charge in [0.1, 0.15) is 10.7 Å². The molecule has 0 aliphatic rings. The summed E-state index contributed by atoms with van der Waals surface area (Å²) in [7, 11) is -2.61. The number of carbonyl (C=O) groups is 1. The van der Waals surface area contributed by atoms with E-state index in [-0.39, 0.29) is 21.9 Å². The molecule has 94 valence electrons. The van der Waals surface area contributed by atoms with Gasteiger partial charge in [0.25, 0.3) is 0 Å². The standard InChI is InChI=1S/C10H11ClFNO3S/c1-3-9(14)6-4-10(17(15,16)13-2)7(11)5-8(6)12/h4-5,13H,3H2,1-2H3. The minimum absolute atomic E-state index is 0.0809. The number of rotatable bonds is 4. The summed E-state index contributed by atoms with van der Waals surface area (Å²) in [5, 5.41) is -0.260. The van der Waals surface area contributed by atoms with Crippen LogP contribution in [0, 0.1) is 5.82 Å². The second kappa shape index (κ2) is 5.12. The Morgan fingerprint density at radius 3 is 2.53 bits per heavy atom. The zero-order valence-electron chi connectivity index (χ0n) is 9.25. The molecule has 0 aliphatic heterocycles. The maximum absolute atomic E-state index is 13.4. The molecule has 0 heterocycles. The van der Waals surface area contributed by atoms with Crippen molar-refractivity contribution < 1.29 is 17.6 Å². The zero-order valence-corrected chi connectivity index (χ0v) is 10.8. The third kappa shape index (κ3) is 2.83. The molecule has 4 nitrogen and oxygen atoms in total. The van der Waals surface area contributed by atoms with Gasteiger partial charge < -0.3 is 0 Å². The van der Waals surface area contributed by atoms with Gasteiger partial charge in [0.15, 0.2) is 5.78 Å². The molecule has 17 heavy (non-hydrogen) atoms. The molecule has 7 heteroatoms. The molecule has 0 unspecified atom stereocenters. The summed E-state index contributed by atoms with van der Waals surface area (Å²) in [6.45, 7) is 1.56. The topological polar surface area (TPSA) is 63.2 Å². The Hall–Kier alpha value is -0.980. The monoisotopic (exact) mass is 279 g/mol. The van der Waals surface area contributed by atoms with Crippen molar-refractivity contribution in [1.29, 1.82) is 0 Å². The van der Waals surface area contributed by atoms with E-state index in [0.717, 1.165) is 12.1 Å². The Labute approximate surface area is 104 Å². The average molecular weight is 280 g/mol. The van der Waals surface area contributed by atoms with E-state index >= 15 is 0 Å². The summed E-state index contributed by atoms with van der Waals surface area (Å²) in [4.78, 5) is 11.1. The second-order valence-corrected chi connectivity index (χ2v) is 5.51. The average Bonchev–Trinajstić information content (AvgIpc) is 2.27. The molecule has 0 radical (unpaired) electrons. The van der Waals surface area contributed by atoms with E-state index in [9.17, 15) is 17.6 Å². The molecule has 0 spiro atoms. The summed E-state index contributed by atoms with van der Waals surface area (Å²) in [5.74, 6) is -1.30. The zero-order chi connectivity index (χ0) is 13.2. The van der Waals surface area contributed by atoms with E-state index in [2.05, 4.69) is 4.72 Å². The van der Waals surface area contributed by atoms with E-state index in [1.54, 1.807) is 6.92 Å². The van der Waals surface area contributed by atoms with Gasteiger partial charge >= 0.3 is 0 Å². The molecule has 0 saturated heterocycles. The van der Waals surface area contributed by atoms with Crippen molar-refractivity contribution in [2.75, 3.05) is 7.05 Å². The molecule has 0 bridgehead atoms. The third-order valence-electron chi connectivity index (χ3n) is 2.20. The first-order valence-corrected chi connectivity index (χ1v) is 6.65. The Morgan fingerprint density at radius 2 is 2.06 bits per heavy atom. The highest BCUT2D eigenvalue weighted by atomic mass is 35.5. The van der Waals surface area contributed by atoms with Crippen molar-refractivity contribution in [3.8, 4) is 0 Å². The number of nitrogens with one attached hydrogen (secondary N) is 1. The number of Topliss-reactive ketones (excluding diaryl/α,β-unsaturated/α-hetero) is 1. The number of ketones is 1. The molecule has 0 amide bonds. The molecular weight excluding hydrogens is 269 g/mol. The predicted molar refractivity (Wildman–Crippen MR) is 62.3 cm³/mol. The van der Waals surface area contributed by atoms with Crippen molar-refractivity contribution in [2.24, 2.45) is 0 Å². The number of carbonyl (C=O) groups excluding carboxylic acids is 1. The fraction of sp³-hybridized carbons (Fsp3) is 0.300. The SMILES string of the molecule is CCC(=O)c1cc(S(=O)(=O)NC)c(Cl)cc1F. The van der Waals surface area contributed by atoms with Gasteiger partial charge in [-0.15, -0.1) is 0 Å². The number of benzene rings is 1. The van der Waals surface area contributed by atoms with Crippen LogP contribution in [-0.2, 0) is 10.0 Å². The van der Waals surface area contributed by atoms with Crippen LogP contribution < -0.4 is 4.72 Å². The van der Waals surface area contributed by atoms with Crippen molar-refractivity contribution in [1.82, 2.24) is 4.72 Å². The van der Waals surface area contributed by atoms with Crippen LogP contribution in [0.5, 0.6) is 0 Å². The lowest BCUT2D eigenvalue weighted by Gasteiger charge is -2.08. The third-order valence-corrected chi connectivity index (χ3v) is 4.08. The van der Waals surface area contributed by atoms with Crippen LogP contribution in [0.2, 0.25) is 5.02 Å².